The van der Waals surface area contributed by atoms with E-state index in [0.29, 0.717) is 30.9 Å². The van der Waals surface area contributed by atoms with E-state index in [9.17, 15) is 13.2 Å². The molecule has 7 nitrogen and oxygen atoms in total. The maximum Gasteiger partial charge on any atom is 0.235 e. The molecule has 0 aliphatic carbocycles. The van der Waals surface area contributed by atoms with Crippen molar-refractivity contribution in [1.82, 2.24) is 10.9 Å². The van der Waals surface area contributed by atoms with E-state index in [-0.39, 0.29) is 23.6 Å². The smallest absolute Gasteiger partial charge is 0.235 e. The standard InChI is InChI=1S/C20H24N4O3S/c25-20(18-14-21-23-19(18)15-7-2-1-3-8-15)22-16-9-6-10-17(13-16)24-11-4-5-12-28(24,26)27/h1-3,6-10,13,18-19,21,23H,4-5,11-12,14H2,(H,22,25). The van der Waals surface area contributed by atoms with E-state index in [0.717, 1.165) is 12.0 Å². The number of carbonyl (C=O) groups is 1. The van der Waals surface area contributed by atoms with Gasteiger partial charge in [0.15, 0.2) is 0 Å². The van der Waals surface area contributed by atoms with Gasteiger partial charge >= 0.3 is 0 Å². The summed E-state index contributed by atoms with van der Waals surface area (Å²) < 4.78 is 26.1. The minimum absolute atomic E-state index is 0.106. The summed E-state index contributed by atoms with van der Waals surface area (Å²) in [5, 5.41) is 2.95. The largest absolute Gasteiger partial charge is 0.326 e. The molecule has 28 heavy (non-hydrogen) atoms. The summed E-state index contributed by atoms with van der Waals surface area (Å²) in [6.45, 7) is 0.998. The van der Waals surface area contributed by atoms with E-state index in [2.05, 4.69) is 16.2 Å². The number of sulfonamides is 1. The normalized spacial score (nSPS) is 24.1. The lowest BCUT2D eigenvalue weighted by Crippen LogP contribution is -2.37. The highest BCUT2D eigenvalue weighted by Gasteiger charge is 2.34. The molecule has 4 rings (SSSR count). The van der Waals surface area contributed by atoms with E-state index in [1.165, 1.54) is 4.31 Å². The van der Waals surface area contributed by atoms with Gasteiger partial charge in [0.05, 0.1) is 23.4 Å². The number of nitrogens with zero attached hydrogens (tertiary/aromatic N) is 1. The Bertz CT molecular complexity index is 949. The number of anilines is 2. The summed E-state index contributed by atoms with van der Waals surface area (Å²) in [7, 11) is -3.28. The molecule has 2 saturated heterocycles. The van der Waals surface area contributed by atoms with Gasteiger partial charge in [0, 0.05) is 18.8 Å². The number of amides is 1. The molecule has 2 heterocycles. The number of hydrazine groups is 1. The third kappa shape index (κ3) is 3.89. The van der Waals surface area contributed by atoms with Crippen LogP contribution in [0.3, 0.4) is 0 Å². The van der Waals surface area contributed by atoms with Crippen molar-refractivity contribution in [2.45, 2.75) is 18.9 Å². The van der Waals surface area contributed by atoms with Gasteiger partial charge in [-0.05, 0) is 36.6 Å². The van der Waals surface area contributed by atoms with Crippen LogP contribution in [0.2, 0.25) is 0 Å². The molecule has 2 aliphatic heterocycles. The van der Waals surface area contributed by atoms with Crippen molar-refractivity contribution >= 4 is 27.3 Å². The van der Waals surface area contributed by atoms with Crippen LogP contribution >= 0.6 is 0 Å². The van der Waals surface area contributed by atoms with Crippen LogP contribution in [0.5, 0.6) is 0 Å². The maximum atomic E-state index is 12.9. The lowest BCUT2D eigenvalue weighted by molar-refractivity contribution is -0.119. The van der Waals surface area contributed by atoms with Crippen LogP contribution < -0.4 is 20.5 Å². The number of hydrogen-bond donors (Lipinski definition) is 3. The average Bonchev–Trinajstić information content (AvgIpc) is 3.18. The van der Waals surface area contributed by atoms with Crippen LogP contribution in [0.4, 0.5) is 11.4 Å². The molecule has 2 aliphatic rings. The summed E-state index contributed by atoms with van der Waals surface area (Å²) in [5.41, 5.74) is 8.47. The fourth-order valence-corrected chi connectivity index (χ4v) is 5.40. The van der Waals surface area contributed by atoms with E-state index in [1.54, 1.807) is 24.3 Å². The molecule has 2 aromatic carbocycles. The minimum Gasteiger partial charge on any atom is -0.326 e. The van der Waals surface area contributed by atoms with Crippen LogP contribution in [0.15, 0.2) is 54.6 Å². The van der Waals surface area contributed by atoms with Crippen molar-refractivity contribution in [1.29, 1.82) is 0 Å². The van der Waals surface area contributed by atoms with Gasteiger partial charge in [0.25, 0.3) is 0 Å². The molecular formula is C20H24N4O3S. The Morgan fingerprint density at radius 1 is 1.07 bits per heavy atom. The van der Waals surface area contributed by atoms with E-state index in [1.807, 2.05) is 30.3 Å². The molecule has 2 fully saturated rings. The molecule has 0 spiro atoms. The maximum absolute atomic E-state index is 12.9. The second-order valence-electron chi connectivity index (χ2n) is 7.15. The number of carbonyl (C=O) groups excluding carboxylic acids is 1. The van der Waals surface area contributed by atoms with Gasteiger partial charge in [0.1, 0.15) is 0 Å². The Hall–Kier alpha value is -2.42. The molecule has 0 saturated carbocycles. The van der Waals surface area contributed by atoms with E-state index in [4.69, 9.17) is 0 Å². The minimum atomic E-state index is -3.28. The first-order chi connectivity index (χ1) is 13.5. The number of hydrogen-bond acceptors (Lipinski definition) is 5. The molecule has 1 amide bonds. The molecule has 2 atom stereocenters. The second kappa shape index (κ2) is 7.90. The predicted octanol–water partition coefficient (Wildman–Crippen LogP) is 2.02. The summed E-state index contributed by atoms with van der Waals surface area (Å²) in [6.07, 6.45) is 1.53. The molecular weight excluding hydrogens is 376 g/mol. The summed E-state index contributed by atoms with van der Waals surface area (Å²) in [4.78, 5) is 12.9. The summed E-state index contributed by atoms with van der Waals surface area (Å²) in [5.74, 6) is -0.211. The topological polar surface area (TPSA) is 90.5 Å². The highest BCUT2D eigenvalue weighted by molar-refractivity contribution is 7.92. The zero-order valence-corrected chi connectivity index (χ0v) is 16.3. The van der Waals surface area contributed by atoms with Crippen LogP contribution in [0.1, 0.15) is 24.4 Å². The lowest BCUT2D eigenvalue weighted by atomic mass is 9.94. The quantitative estimate of drug-likeness (QED) is 0.731. The highest BCUT2D eigenvalue weighted by Crippen LogP contribution is 2.28. The number of benzene rings is 2. The fourth-order valence-electron chi connectivity index (χ4n) is 3.77. The monoisotopic (exact) mass is 400 g/mol. The molecule has 0 bridgehead atoms. The molecule has 8 heteroatoms. The molecule has 2 aromatic rings. The molecule has 0 aromatic heterocycles. The summed E-state index contributed by atoms with van der Waals surface area (Å²) >= 11 is 0. The molecule has 3 N–H and O–H groups in total. The van der Waals surface area contributed by atoms with Crippen molar-refractivity contribution in [3.63, 3.8) is 0 Å². The second-order valence-corrected chi connectivity index (χ2v) is 9.17. The zero-order chi connectivity index (χ0) is 19.6. The van der Waals surface area contributed by atoms with Crippen molar-refractivity contribution in [2.24, 2.45) is 5.92 Å². The third-order valence-electron chi connectivity index (χ3n) is 5.23. The molecule has 2 unspecified atom stereocenters. The van der Waals surface area contributed by atoms with Crippen molar-refractivity contribution in [3.8, 4) is 0 Å². The fraction of sp³-hybridized carbons (Fsp3) is 0.350. The first kappa shape index (κ1) is 18.9. The first-order valence-electron chi connectivity index (χ1n) is 9.49. The number of nitrogens with one attached hydrogen (secondary N) is 3. The van der Waals surface area contributed by atoms with E-state index < -0.39 is 10.0 Å². The number of rotatable bonds is 4. The Labute approximate surface area is 165 Å². The average molecular weight is 401 g/mol. The third-order valence-corrected chi connectivity index (χ3v) is 7.10. The van der Waals surface area contributed by atoms with Crippen molar-refractivity contribution < 1.29 is 13.2 Å². The van der Waals surface area contributed by atoms with Gasteiger partial charge < -0.3 is 5.32 Å². The highest BCUT2D eigenvalue weighted by atomic mass is 32.2. The SMILES string of the molecule is O=C(Nc1cccc(N2CCCCS2(=O)=O)c1)C1CNNC1c1ccccc1. The van der Waals surface area contributed by atoms with Gasteiger partial charge in [-0.3, -0.25) is 14.5 Å². The molecule has 148 valence electrons. The predicted molar refractivity (Wildman–Crippen MR) is 109 cm³/mol. The lowest BCUT2D eigenvalue weighted by Gasteiger charge is -2.28. The van der Waals surface area contributed by atoms with Crippen LogP contribution in [-0.2, 0) is 14.8 Å². The van der Waals surface area contributed by atoms with Gasteiger partial charge in [-0.15, -0.1) is 0 Å². The van der Waals surface area contributed by atoms with E-state index >= 15 is 0 Å². The van der Waals surface area contributed by atoms with Crippen LogP contribution in [0, 0.1) is 5.92 Å². The summed E-state index contributed by atoms with van der Waals surface area (Å²) in [6, 6.07) is 16.8. The van der Waals surface area contributed by atoms with Gasteiger partial charge in [-0.2, -0.15) is 0 Å². The zero-order valence-electron chi connectivity index (χ0n) is 15.5. The van der Waals surface area contributed by atoms with Gasteiger partial charge in [-0.25, -0.2) is 13.8 Å². The Balaban J connectivity index is 1.51. The Morgan fingerprint density at radius 3 is 2.68 bits per heavy atom. The molecule has 0 radical (unpaired) electrons. The van der Waals surface area contributed by atoms with Crippen LogP contribution in [-0.4, -0.2) is 33.2 Å². The van der Waals surface area contributed by atoms with Crippen molar-refractivity contribution in [2.75, 3.05) is 28.5 Å². The Kier molecular flexibility index (Phi) is 5.34. The van der Waals surface area contributed by atoms with Crippen LogP contribution in [0.25, 0.3) is 0 Å². The Morgan fingerprint density at radius 2 is 1.89 bits per heavy atom. The van der Waals surface area contributed by atoms with Crippen molar-refractivity contribution in [3.05, 3.63) is 60.2 Å². The van der Waals surface area contributed by atoms with Gasteiger partial charge in [-0.1, -0.05) is 36.4 Å². The van der Waals surface area contributed by atoms with Gasteiger partial charge in [0.2, 0.25) is 15.9 Å². The first-order valence-corrected chi connectivity index (χ1v) is 11.1.